The predicted octanol–water partition coefficient (Wildman–Crippen LogP) is 2.79. The van der Waals surface area contributed by atoms with Crippen molar-refractivity contribution < 1.29 is 18.0 Å². The van der Waals surface area contributed by atoms with Crippen LogP contribution in [-0.4, -0.2) is 40.6 Å². The highest BCUT2D eigenvalue weighted by molar-refractivity contribution is 5.73. The number of benzene rings is 1. The molecule has 1 aromatic heterocycles. The highest BCUT2D eigenvalue weighted by Gasteiger charge is 2.30. The Balaban J connectivity index is 1.76. The second kappa shape index (κ2) is 7.85. The maximum atomic E-state index is 12.6. The molecule has 5 nitrogen and oxygen atoms in total. The summed E-state index contributed by atoms with van der Waals surface area (Å²) in [4.78, 5) is 17.4. The number of rotatable bonds is 6. The SMILES string of the molecule is CN(CCn1ccnc1)C(=O)NCCc1cccc(C(F)(F)F)c1. The molecule has 1 heterocycles. The number of nitrogens with one attached hydrogen (secondary N) is 1. The number of aromatic nitrogens is 2. The van der Waals surface area contributed by atoms with Crippen molar-refractivity contribution >= 4 is 6.03 Å². The number of likely N-dealkylation sites (N-methyl/N-ethyl adjacent to an activating group) is 1. The molecule has 1 N–H and O–H groups in total. The van der Waals surface area contributed by atoms with Crippen LogP contribution in [0.3, 0.4) is 0 Å². The fourth-order valence-corrected chi connectivity index (χ4v) is 2.14. The van der Waals surface area contributed by atoms with E-state index in [2.05, 4.69) is 10.3 Å². The molecule has 130 valence electrons. The van der Waals surface area contributed by atoms with Gasteiger partial charge in [-0.25, -0.2) is 9.78 Å². The largest absolute Gasteiger partial charge is 0.416 e. The first-order valence-corrected chi connectivity index (χ1v) is 7.47. The summed E-state index contributed by atoms with van der Waals surface area (Å²) >= 11 is 0. The third-order valence-corrected chi connectivity index (χ3v) is 3.54. The Labute approximate surface area is 138 Å². The van der Waals surface area contributed by atoms with Crippen molar-refractivity contribution in [2.75, 3.05) is 20.1 Å². The van der Waals surface area contributed by atoms with Gasteiger partial charge in [0.05, 0.1) is 11.9 Å². The van der Waals surface area contributed by atoms with Crippen LogP contribution in [0.15, 0.2) is 43.0 Å². The number of alkyl halides is 3. The van der Waals surface area contributed by atoms with Crippen LogP contribution in [0.25, 0.3) is 0 Å². The molecule has 0 aliphatic heterocycles. The van der Waals surface area contributed by atoms with Crippen molar-refractivity contribution in [2.24, 2.45) is 0 Å². The summed E-state index contributed by atoms with van der Waals surface area (Å²) in [5.41, 5.74) is -0.144. The molecule has 0 spiro atoms. The van der Waals surface area contributed by atoms with Gasteiger partial charge in [0.1, 0.15) is 0 Å². The first-order chi connectivity index (χ1) is 11.4. The van der Waals surface area contributed by atoms with E-state index in [1.807, 2.05) is 4.57 Å². The zero-order valence-corrected chi connectivity index (χ0v) is 13.3. The Kier molecular flexibility index (Phi) is 5.83. The summed E-state index contributed by atoms with van der Waals surface area (Å²) in [6, 6.07) is 4.87. The molecule has 8 heteroatoms. The average Bonchev–Trinajstić information content (AvgIpc) is 3.05. The molecule has 0 aliphatic carbocycles. The van der Waals surface area contributed by atoms with Gasteiger partial charge < -0.3 is 14.8 Å². The standard InChI is InChI=1S/C16H19F3N4O/c1-22(9-10-23-8-7-20-12-23)15(24)21-6-5-13-3-2-4-14(11-13)16(17,18)19/h2-4,7-8,11-12H,5-6,9-10H2,1H3,(H,21,24). The summed E-state index contributed by atoms with van der Waals surface area (Å²) in [7, 11) is 1.66. The fraction of sp³-hybridized carbons (Fsp3) is 0.375. The van der Waals surface area contributed by atoms with Gasteiger partial charge in [0.2, 0.25) is 0 Å². The van der Waals surface area contributed by atoms with Gasteiger partial charge in [-0.3, -0.25) is 0 Å². The van der Waals surface area contributed by atoms with Gasteiger partial charge in [-0.15, -0.1) is 0 Å². The molecule has 0 atom stereocenters. The van der Waals surface area contributed by atoms with Crippen molar-refractivity contribution in [3.8, 4) is 0 Å². The molecule has 2 aromatic rings. The number of urea groups is 1. The molecule has 0 unspecified atom stereocenters. The Morgan fingerprint density at radius 1 is 1.38 bits per heavy atom. The molecule has 0 saturated heterocycles. The van der Waals surface area contributed by atoms with Gasteiger partial charge in [0.15, 0.2) is 0 Å². The van der Waals surface area contributed by atoms with E-state index in [-0.39, 0.29) is 12.6 Å². The third kappa shape index (κ3) is 5.29. The molecule has 2 rings (SSSR count). The molecule has 0 fully saturated rings. The lowest BCUT2D eigenvalue weighted by molar-refractivity contribution is -0.137. The maximum Gasteiger partial charge on any atom is 0.416 e. The van der Waals surface area contributed by atoms with Crippen molar-refractivity contribution in [3.63, 3.8) is 0 Å². The maximum absolute atomic E-state index is 12.6. The first-order valence-electron chi connectivity index (χ1n) is 7.47. The van der Waals surface area contributed by atoms with Crippen molar-refractivity contribution in [2.45, 2.75) is 19.1 Å². The van der Waals surface area contributed by atoms with Gasteiger partial charge in [0, 0.05) is 39.1 Å². The van der Waals surface area contributed by atoms with Crippen LogP contribution in [-0.2, 0) is 19.1 Å². The lowest BCUT2D eigenvalue weighted by atomic mass is 10.1. The minimum absolute atomic E-state index is 0.262. The second-order valence-corrected chi connectivity index (χ2v) is 5.40. The number of nitrogens with zero attached hydrogens (tertiary/aromatic N) is 3. The van der Waals surface area contributed by atoms with Crippen LogP contribution in [0.5, 0.6) is 0 Å². The fourth-order valence-electron chi connectivity index (χ4n) is 2.14. The zero-order valence-electron chi connectivity index (χ0n) is 13.3. The van der Waals surface area contributed by atoms with Crippen molar-refractivity contribution in [1.82, 2.24) is 19.8 Å². The summed E-state index contributed by atoms with van der Waals surface area (Å²) in [6.45, 7) is 1.40. The highest BCUT2D eigenvalue weighted by Crippen LogP contribution is 2.29. The van der Waals surface area contributed by atoms with E-state index in [1.54, 1.807) is 31.8 Å². The van der Waals surface area contributed by atoms with Crippen LogP contribution in [0.4, 0.5) is 18.0 Å². The molecular formula is C16H19F3N4O. The monoisotopic (exact) mass is 340 g/mol. The topological polar surface area (TPSA) is 50.2 Å². The Morgan fingerprint density at radius 2 is 2.17 bits per heavy atom. The Hall–Kier alpha value is -2.51. The van der Waals surface area contributed by atoms with Crippen LogP contribution in [0, 0.1) is 0 Å². The molecular weight excluding hydrogens is 321 g/mol. The quantitative estimate of drug-likeness (QED) is 0.879. The molecule has 0 saturated carbocycles. The summed E-state index contributed by atoms with van der Waals surface area (Å²) in [6.07, 6.45) is 1.12. The number of amides is 2. The van der Waals surface area contributed by atoms with Gasteiger partial charge >= 0.3 is 12.2 Å². The van der Waals surface area contributed by atoms with E-state index >= 15 is 0 Å². The predicted molar refractivity (Wildman–Crippen MR) is 83.4 cm³/mol. The van der Waals surface area contributed by atoms with Crippen LogP contribution in [0.1, 0.15) is 11.1 Å². The van der Waals surface area contributed by atoms with Gasteiger partial charge in [0.25, 0.3) is 0 Å². The lowest BCUT2D eigenvalue weighted by Gasteiger charge is -2.18. The smallest absolute Gasteiger partial charge is 0.338 e. The van der Waals surface area contributed by atoms with Crippen molar-refractivity contribution in [3.05, 3.63) is 54.1 Å². The summed E-state index contributed by atoms with van der Waals surface area (Å²) in [5.74, 6) is 0. The lowest BCUT2D eigenvalue weighted by Crippen LogP contribution is -2.39. The third-order valence-electron chi connectivity index (χ3n) is 3.54. The number of halogens is 3. The molecule has 24 heavy (non-hydrogen) atoms. The Bertz CT molecular complexity index is 656. The van der Waals surface area contributed by atoms with Crippen LogP contribution >= 0.6 is 0 Å². The van der Waals surface area contributed by atoms with E-state index in [0.717, 1.165) is 12.1 Å². The van der Waals surface area contributed by atoms with Crippen LogP contribution < -0.4 is 5.32 Å². The van der Waals surface area contributed by atoms with E-state index in [0.29, 0.717) is 25.1 Å². The summed E-state index contributed by atoms with van der Waals surface area (Å²) < 4.78 is 39.8. The molecule has 0 radical (unpaired) electrons. The summed E-state index contributed by atoms with van der Waals surface area (Å²) in [5, 5.41) is 2.70. The number of hydrogen-bond acceptors (Lipinski definition) is 2. The molecule has 0 bridgehead atoms. The normalized spacial score (nSPS) is 11.3. The number of imidazole rings is 1. The van der Waals surface area contributed by atoms with E-state index < -0.39 is 11.7 Å². The number of carbonyl (C=O) groups excluding carboxylic acids is 1. The molecule has 2 amide bonds. The molecule has 1 aromatic carbocycles. The minimum Gasteiger partial charge on any atom is -0.338 e. The van der Waals surface area contributed by atoms with Crippen molar-refractivity contribution in [1.29, 1.82) is 0 Å². The van der Waals surface area contributed by atoms with Gasteiger partial charge in [-0.2, -0.15) is 13.2 Å². The minimum atomic E-state index is -4.35. The number of hydrogen-bond donors (Lipinski definition) is 1. The van der Waals surface area contributed by atoms with Gasteiger partial charge in [-0.1, -0.05) is 18.2 Å². The van der Waals surface area contributed by atoms with E-state index in [9.17, 15) is 18.0 Å². The first kappa shape index (κ1) is 17.8. The number of carbonyl (C=O) groups is 1. The van der Waals surface area contributed by atoms with E-state index in [1.165, 1.54) is 11.0 Å². The zero-order chi connectivity index (χ0) is 17.6. The highest BCUT2D eigenvalue weighted by atomic mass is 19.4. The van der Waals surface area contributed by atoms with E-state index in [4.69, 9.17) is 0 Å². The Morgan fingerprint density at radius 3 is 2.83 bits per heavy atom. The van der Waals surface area contributed by atoms with Gasteiger partial charge in [-0.05, 0) is 18.1 Å². The average molecular weight is 340 g/mol. The van der Waals surface area contributed by atoms with Crippen LogP contribution in [0.2, 0.25) is 0 Å². The second-order valence-electron chi connectivity index (χ2n) is 5.40. The molecule has 0 aliphatic rings.